The number of methoxy groups -OCH3 is 2. The molecule has 4 nitrogen and oxygen atoms in total. The minimum atomic E-state index is -0.468. The first-order chi connectivity index (χ1) is 11.3. The fourth-order valence-corrected chi connectivity index (χ4v) is 5.10. The number of carbonyl (C=O) groups excluding carboxylic acids is 1. The van der Waals surface area contributed by atoms with Gasteiger partial charge in [-0.3, -0.25) is 4.79 Å². The highest BCUT2D eigenvalue weighted by molar-refractivity contribution is 5.86. The molecule has 132 valence electrons. The second-order valence-corrected chi connectivity index (χ2v) is 7.85. The molecule has 3 rings (SSSR count). The maximum absolute atomic E-state index is 12.9. The van der Waals surface area contributed by atoms with E-state index < -0.39 is 5.41 Å². The van der Waals surface area contributed by atoms with Crippen LogP contribution in [-0.2, 0) is 11.2 Å². The van der Waals surface area contributed by atoms with Crippen LogP contribution >= 0.6 is 0 Å². The lowest BCUT2D eigenvalue weighted by molar-refractivity contribution is -0.143. The number of aliphatic hydroxyl groups excluding tert-OH is 1. The van der Waals surface area contributed by atoms with Crippen LogP contribution in [0, 0.1) is 16.7 Å². The summed E-state index contributed by atoms with van der Waals surface area (Å²) in [5, 5.41) is 10.5. The van der Waals surface area contributed by atoms with E-state index in [9.17, 15) is 9.90 Å². The first-order valence-corrected chi connectivity index (χ1v) is 8.77. The summed E-state index contributed by atoms with van der Waals surface area (Å²) in [7, 11) is 3.29. The number of rotatable bonds is 4. The Balaban J connectivity index is 1.99. The monoisotopic (exact) mass is 332 g/mol. The standard InChI is InChI=1S/C20H28O4/c1-19-10-9-18(22)20(2,16(19)7-8-17(19)21)12-13-11-14(23-3)5-6-15(13)24-4/h5-6,11,16-17,21H,7-10,12H2,1-4H3/t16-,17-,19-,20+/m1/s1. The fraction of sp³-hybridized carbons (Fsp3) is 0.650. The van der Waals surface area contributed by atoms with Gasteiger partial charge in [-0.1, -0.05) is 13.8 Å². The van der Waals surface area contributed by atoms with Crippen molar-refractivity contribution in [1.29, 1.82) is 0 Å². The van der Waals surface area contributed by atoms with Crippen molar-refractivity contribution < 1.29 is 19.4 Å². The van der Waals surface area contributed by atoms with Gasteiger partial charge in [0, 0.05) is 11.8 Å². The molecule has 1 aromatic rings. The van der Waals surface area contributed by atoms with Gasteiger partial charge in [0.25, 0.3) is 0 Å². The molecule has 0 unspecified atom stereocenters. The van der Waals surface area contributed by atoms with Crippen molar-refractivity contribution in [2.24, 2.45) is 16.7 Å². The van der Waals surface area contributed by atoms with Gasteiger partial charge in [0.05, 0.1) is 20.3 Å². The zero-order chi connectivity index (χ0) is 17.5. The smallest absolute Gasteiger partial charge is 0.139 e. The van der Waals surface area contributed by atoms with Gasteiger partial charge in [0.1, 0.15) is 17.3 Å². The summed E-state index contributed by atoms with van der Waals surface area (Å²) < 4.78 is 10.9. The molecular formula is C20H28O4. The molecule has 1 aromatic carbocycles. The summed E-state index contributed by atoms with van der Waals surface area (Å²) in [6.45, 7) is 4.23. The highest BCUT2D eigenvalue weighted by Gasteiger charge is 2.58. The van der Waals surface area contributed by atoms with Crippen LogP contribution in [0.15, 0.2) is 18.2 Å². The number of hydrogen-bond acceptors (Lipinski definition) is 4. The number of hydrogen-bond donors (Lipinski definition) is 1. The molecule has 24 heavy (non-hydrogen) atoms. The van der Waals surface area contributed by atoms with E-state index in [4.69, 9.17) is 9.47 Å². The zero-order valence-corrected chi connectivity index (χ0v) is 15.1. The van der Waals surface area contributed by atoms with Gasteiger partial charge in [-0.15, -0.1) is 0 Å². The van der Waals surface area contributed by atoms with Gasteiger partial charge in [-0.25, -0.2) is 0 Å². The Morgan fingerprint density at radius 2 is 1.96 bits per heavy atom. The van der Waals surface area contributed by atoms with E-state index >= 15 is 0 Å². The summed E-state index contributed by atoms with van der Waals surface area (Å²) >= 11 is 0. The molecular weight excluding hydrogens is 304 g/mol. The summed E-state index contributed by atoms with van der Waals surface area (Å²) in [5.74, 6) is 2.07. The van der Waals surface area contributed by atoms with Crippen molar-refractivity contribution in [3.63, 3.8) is 0 Å². The average molecular weight is 332 g/mol. The van der Waals surface area contributed by atoms with Crippen LogP contribution in [0.3, 0.4) is 0 Å². The molecule has 2 aliphatic rings. The van der Waals surface area contributed by atoms with E-state index in [1.807, 2.05) is 18.2 Å². The van der Waals surface area contributed by atoms with Crippen molar-refractivity contribution in [2.45, 2.75) is 52.1 Å². The van der Waals surface area contributed by atoms with Crippen LogP contribution in [0.5, 0.6) is 11.5 Å². The Bertz CT molecular complexity index is 641. The van der Waals surface area contributed by atoms with Crippen LogP contribution in [0.25, 0.3) is 0 Å². The van der Waals surface area contributed by atoms with Crippen LogP contribution in [0.1, 0.15) is 45.1 Å². The van der Waals surface area contributed by atoms with Crippen molar-refractivity contribution in [2.75, 3.05) is 14.2 Å². The quantitative estimate of drug-likeness (QED) is 0.918. The number of ketones is 1. The van der Waals surface area contributed by atoms with Crippen LogP contribution < -0.4 is 9.47 Å². The van der Waals surface area contributed by atoms with Gasteiger partial charge in [-0.2, -0.15) is 0 Å². The Hall–Kier alpha value is -1.55. The largest absolute Gasteiger partial charge is 0.497 e. The first-order valence-electron chi connectivity index (χ1n) is 8.77. The molecule has 4 atom stereocenters. The normalized spacial score (nSPS) is 35.6. The molecule has 2 aliphatic carbocycles. The van der Waals surface area contributed by atoms with Crippen molar-refractivity contribution >= 4 is 5.78 Å². The third-order valence-corrected chi connectivity index (χ3v) is 6.63. The van der Waals surface area contributed by atoms with E-state index in [1.165, 1.54) is 0 Å². The van der Waals surface area contributed by atoms with E-state index in [-0.39, 0.29) is 17.4 Å². The zero-order valence-electron chi connectivity index (χ0n) is 15.1. The van der Waals surface area contributed by atoms with Gasteiger partial charge < -0.3 is 14.6 Å². The average Bonchev–Trinajstić information content (AvgIpc) is 2.88. The maximum Gasteiger partial charge on any atom is 0.139 e. The Labute approximate surface area is 144 Å². The van der Waals surface area contributed by atoms with Crippen LogP contribution in [-0.4, -0.2) is 31.2 Å². The number of aliphatic hydroxyl groups is 1. The molecule has 0 heterocycles. The molecule has 4 heteroatoms. The molecule has 0 bridgehead atoms. The molecule has 0 spiro atoms. The Kier molecular flexibility index (Phi) is 4.37. The van der Waals surface area contributed by atoms with Gasteiger partial charge in [0.2, 0.25) is 0 Å². The van der Waals surface area contributed by atoms with Gasteiger partial charge in [-0.05, 0) is 60.8 Å². The number of carbonyl (C=O) groups is 1. The third-order valence-electron chi connectivity index (χ3n) is 6.63. The summed E-state index contributed by atoms with van der Waals surface area (Å²) in [6, 6.07) is 5.74. The molecule has 2 fully saturated rings. The number of fused-ring (bicyclic) bond motifs is 1. The lowest BCUT2D eigenvalue weighted by Gasteiger charge is -2.49. The van der Waals surface area contributed by atoms with Crippen molar-refractivity contribution in [1.82, 2.24) is 0 Å². The minimum Gasteiger partial charge on any atom is -0.497 e. The van der Waals surface area contributed by atoms with E-state index in [0.717, 1.165) is 36.3 Å². The third kappa shape index (κ3) is 2.52. The lowest BCUT2D eigenvalue weighted by Crippen LogP contribution is -2.50. The summed E-state index contributed by atoms with van der Waals surface area (Å²) in [6.07, 6.45) is 3.36. The predicted molar refractivity (Wildman–Crippen MR) is 92.4 cm³/mol. The molecule has 0 saturated heterocycles. The topological polar surface area (TPSA) is 55.8 Å². The molecule has 2 saturated carbocycles. The minimum absolute atomic E-state index is 0.158. The highest BCUT2D eigenvalue weighted by Crippen LogP contribution is 2.59. The summed E-state index contributed by atoms with van der Waals surface area (Å²) in [5.41, 5.74) is 0.372. The fourth-order valence-electron chi connectivity index (χ4n) is 5.10. The summed E-state index contributed by atoms with van der Waals surface area (Å²) in [4.78, 5) is 12.9. The Morgan fingerprint density at radius 3 is 2.62 bits per heavy atom. The molecule has 0 aromatic heterocycles. The van der Waals surface area contributed by atoms with Crippen molar-refractivity contribution in [3.8, 4) is 11.5 Å². The SMILES string of the molecule is COc1ccc(OC)c(C[C@]2(C)C(=O)CC[C@@]3(C)[C@H](O)CC[C@H]32)c1. The van der Waals surface area contributed by atoms with Crippen LogP contribution in [0.2, 0.25) is 0 Å². The van der Waals surface area contributed by atoms with Crippen molar-refractivity contribution in [3.05, 3.63) is 23.8 Å². The number of ether oxygens (including phenoxy) is 2. The van der Waals surface area contributed by atoms with Gasteiger partial charge >= 0.3 is 0 Å². The van der Waals surface area contributed by atoms with Crippen LogP contribution in [0.4, 0.5) is 0 Å². The molecule has 0 radical (unpaired) electrons. The Morgan fingerprint density at radius 1 is 1.21 bits per heavy atom. The van der Waals surface area contributed by atoms with E-state index in [1.54, 1.807) is 14.2 Å². The predicted octanol–water partition coefficient (Wildman–Crippen LogP) is 3.39. The lowest BCUT2D eigenvalue weighted by atomic mass is 9.54. The van der Waals surface area contributed by atoms with E-state index in [2.05, 4.69) is 13.8 Å². The first kappa shape index (κ1) is 17.3. The number of Topliss-reactive ketones (excluding diaryl/α,β-unsaturated/α-hetero) is 1. The second kappa shape index (κ2) is 6.07. The highest BCUT2D eigenvalue weighted by atomic mass is 16.5. The second-order valence-electron chi connectivity index (χ2n) is 7.85. The molecule has 0 aliphatic heterocycles. The molecule has 1 N–H and O–H groups in total. The molecule has 0 amide bonds. The number of benzene rings is 1. The van der Waals surface area contributed by atoms with E-state index in [0.29, 0.717) is 18.6 Å². The maximum atomic E-state index is 12.9. The van der Waals surface area contributed by atoms with Gasteiger partial charge in [0.15, 0.2) is 0 Å².